The number of rotatable bonds is 6. The van der Waals surface area contributed by atoms with Gasteiger partial charge in [-0.2, -0.15) is 0 Å². The van der Waals surface area contributed by atoms with Gasteiger partial charge in [0.2, 0.25) is 0 Å². The first-order valence-electron chi connectivity index (χ1n) is 7.95. The minimum atomic E-state index is -1.15. The van der Waals surface area contributed by atoms with E-state index in [1.807, 2.05) is 25.1 Å². The van der Waals surface area contributed by atoms with E-state index in [2.05, 4.69) is 5.32 Å². The first-order chi connectivity index (χ1) is 11.8. The van der Waals surface area contributed by atoms with Crippen LogP contribution in [0, 0.1) is 11.6 Å². The average Bonchev–Trinajstić information content (AvgIpc) is 2.56. The fraction of sp³-hybridized carbons (Fsp3) is 0.316. The number of amides is 1. The number of aliphatic hydroxyl groups is 1. The van der Waals surface area contributed by atoms with Crippen LogP contribution in [-0.4, -0.2) is 36.1 Å². The summed E-state index contributed by atoms with van der Waals surface area (Å²) in [6, 6.07) is 9.70. The zero-order valence-electron chi connectivity index (χ0n) is 14.5. The molecule has 4 nitrogen and oxygen atoms in total. The van der Waals surface area contributed by atoms with E-state index in [-0.39, 0.29) is 11.5 Å². The number of aliphatic hydroxyl groups excluding tert-OH is 1. The smallest absolute Gasteiger partial charge is 0.251 e. The Morgan fingerprint density at radius 1 is 1.16 bits per heavy atom. The molecule has 25 heavy (non-hydrogen) atoms. The van der Waals surface area contributed by atoms with Crippen LogP contribution in [0.1, 0.15) is 34.5 Å². The number of nitrogens with one attached hydrogen (secondary N) is 1. The molecule has 0 saturated carbocycles. The molecule has 2 N–H and O–H groups in total. The molecule has 0 radical (unpaired) electrons. The molecule has 1 amide bonds. The van der Waals surface area contributed by atoms with Crippen molar-refractivity contribution in [2.45, 2.75) is 25.6 Å². The maximum atomic E-state index is 13.3. The van der Waals surface area contributed by atoms with E-state index in [4.69, 9.17) is 0 Å². The summed E-state index contributed by atoms with van der Waals surface area (Å²) < 4.78 is 26.3. The van der Waals surface area contributed by atoms with Crippen LogP contribution in [0.2, 0.25) is 0 Å². The van der Waals surface area contributed by atoms with Crippen molar-refractivity contribution in [1.29, 1.82) is 0 Å². The Hall–Kier alpha value is -2.31. The predicted molar refractivity (Wildman–Crippen MR) is 92.1 cm³/mol. The highest BCUT2D eigenvalue weighted by Crippen LogP contribution is 2.19. The van der Waals surface area contributed by atoms with Gasteiger partial charge in [0.25, 0.3) is 5.91 Å². The van der Waals surface area contributed by atoms with Crippen molar-refractivity contribution >= 4 is 5.91 Å². The third-order valence-corrected chi connectivity index (χ3v) is 3.81. The van der Waals surface area contributed by atoms with Crippen molar-refractivity contribution < 1.29 is 18.7 Å². The van der Waals surface area contributed by atoms with Gasteiger partial charge in [-0.05, 0) is 56.4 Å². The number of hydrogen-bond donors (Lipinski definition) is 2. The highest BCUT2D eigenvalue weighted by atomic mass is 19.2. The van der Waals surface area contributed by atoms with Crippen molar-refractivity contribution in [3.05, 3.63) is 70.8 Å². The molecule has 2 atom stereocenters. The summed E-state index contributed by atoms with van der Waals surface area (Å²) in [5, 5.41) is 13.0. The van der Waals surface area contributed by atoms with E-state index in [0.717, 1.165) is 17.7 Å². The molecule has 6 heteroatoms. The molecule has 0 bridgehead atoms. The van der Waals surface area contributed by atoms with Gasteiger partial charge in [-0.1, -0.05) is 18.2 Å². The van der Waals surface area contributed by atoms with Crippen molar-refractivity contribution in [2.24, 2.45) is 0 Å². The number of hydrogen-bond acceptors (Lipinski definition) is 3. The van der Waals surface area contributed by atoms with E-state index < -0.39 is 23.8 Å². The van der Waals surface area contributed by atoms with Gasteiger partial charge in [-0.15, -0.1) is 0 Å². The molecule has 0 aliphatic rings. The average molecular weight is 348 g/mol. The number of nitrogens with zero attached hydrogens (tertiary/aromatic N) is 1. The van der Waals surface area contributed by atoms with Crippen LogP contribution < -0.4 is 5.32 Å². The molecule has 0 aromatic heterocycles. The molecule has 0 saturated heterocycles. The van der Waals surface area contributed by atoms with E-state index >= 15 is 0 Å². The van der Waals surface area contributed by atoms with Crippen LogP contribution in [0.4, 0.5) is 8.78 Å². The fourth-order valence-corrected chi connectivity index (χ4v) is 2.53. The standard InChI is InChI=1S/C19H22F2N2O2/c1-12(18(24)14-7-8-16(20)17(21)10-14)22-19(25)15-6-4-5-13(9-15)11-23(2)3/h4-10,12,18,24H,11H2,1-3H3,(H,22,25). The van der Waals surface area contributed by atoms with Gasteiger partial charge in [0, 0.05) is 12.1 Å². The predicted octanol–water partition coefficient (Wildman–Crippen LogP) is 2.88. The van der Waals surface area contributed by atoms with Crippen molar-refractivity contribution in [2.75, 3.05) is 14.1 Å². The van der Waals surface area contributed by atoms with Crippen LogP contribution in [0.25, 0.3) is 0 Å². The second-order valence-electron chi connectivity index (χ2n) is 6.32. The zero-order chi connectivity index (χ0) is 18.6. The van der Waals surface area contributed by atoms with Crippen LogP contribution in [0.5, 0.6) is 0 Å². The van der Waals surface area contributed by atoms with Gasteiger partial charge in [0.1, 0.15) is 0 Å². The molecule has 2 aromatic rings. The summed E-state index contributed by atoms with van der Waals surface area (Å²) in [6.45, 7) is 2.31. The van der Waals surface area contributed by atoms with Gasteiger partial charge in [0.05, 0.1) is 12.1 Å². The van der Waals surface area contributed by atoms with Crippen molar-refractivity contribution in [3.8, 4) is 0 Å². The number of carbonyl (C=O) groups is 1. The Kier molecular flexibility index (Phi) is 6.22. The monoisotopic (exact) mass is 348 g/mol. The zero-order valence-corrected chi connectivity index (χ0v) is 14.5. The molecule has 0 fully saturated rings. The number of halogens is 2. The summed E-state index contributed by atoms with van der Waals surface area (Å²) >= 11 is 0. The van der Waals surface area contributed by atoms with Crippen molar-refractivity contribution in [3.63, 3.8) is 0 Å². The molecule has 0 heterocycles. The lowest BCUT2D eigenvalue weighted by molar-refractivity contribution is 0.0851. The fourth-order valence-electron chi connectivity index (χ4n) is 2.53. The molecule has 2 unspecified atom stereocenters. The lowest BCUT2D eigenvalue weighted by Crippen LogP contribution is -2.37. The van der Waals surface area contributed by atoms with Gasteiger partial charge >= 0.3 is 0 Å². The van der Waals surface area contributed by atoms with E-state index in [1.165, 1.54) is 6.07 Å². The quantitative estimate of drug-likeness (QED) is 0.844. The first-order valence-corrected chi connectivity index (χ1v) is 7.95. The molecular formula is C19H22F2N2O2. The Balaban J connectivity index is 2.07. The third kappa shape index (κ3) is 5.08. The largest absolute Gasteiger partial charge is 0.386 e. The van der Waals surface area contributed by atoms with Gasteiger partial charge in [0.15, 0.2) is 11.6 Å². The minimum absolute atomic E-state index is 0.202. The Morgan fingerprint density at radius 3 is 2.52 bits per heavy atom. The topological polar surface area (TPSA) is 52.6 Å². The number of carbonyl (C=O) groups excluding carboxylic acids is 1. The van der Waals surface area contributed by atoms with Gasteiger partial charge in [-0.3, -0.25) is 4.79 Å². The highest BCUT2D eigenvalue weighted by Gasteiger charge is 2.20. The van der Waals surface area contributed by atoms with Crippen LogP contribution in [-0.2, 0) is 6.54 Å². The molecule has 0 spiro atoms. The Bertz CT molecular complexity index is 750. The van der Waals surface area contributed by atoms with Gasteiger partial charge < -0.3 is 15.3 Å². The Morgan fingerprint density at radius 2 is 1.88 bits per heavy atom. The molecule has 2 rings (SSSR count). The molecule has 134 valence electrons. The minimum Gasteiger partial charge on any atom is -0.386 e. The third-order valence-electron chi connectivity index (χ3n) is 3.81. The molecule has 0 aliphatic heterocycles. The lowest BCUT2D eigenvalue weighted by Gasteiger charge is -2.21. The summed E-state index contributed by atoms with van der Waals surface area (Å²) in [6.07, 6.45) is -1.15. The Labute approximate surface area is 146 Å². The van der Waals surface area contributed by atoms with E-state index in [9.17, 15) is 18.7 Å². The second-order valence-corrected chi connectivity index (χ2v) is 6.32. The normalized spacial score (nSPS) is 13.6. The first kappa shape index (κ1) is 19.0. The summed E-state index contributed by atoms with van der Waals surface area (Å²) in [5.41, 5.74) is 1.67. The van der Waals surface area contributed by atoms with E-state index in [1.54, 1.807) is 25.1 Å². The van der Waals surface area contributed by atoms with Crippen LogP contribution >= 0.6 is 0 Å². The lowest BCUT2D eigenvalue weighted by atomic mass is 10.0. The van der Waals surface area contributed by atoms with Crippen LogP contribution in [0.3, 0.4) is 0 Å². The number of benzene rings is 2. The summed E-state index contributed by atoms with van der Waals surface area (Å²) in [4.78, 5) is 14.4. The maximum absolute atomic E-state index is 13.3. The van der Waals surface area contributed by atoms with Crippen LogP contribution in [0.15, 0.2) is 42.5 Å². The molecular weight excluding hydrogens is 326 g/mol. The highest BCUT2D eigenvalue weighted by molar-refractivity contribution is 5.94. The molecule has 2 aromatic carbocycles. The van der Waals surface area contributed by atoms with Crippen molar-refractivity contribution in [1.82, 2.24) is 10.2 Å². The second kappa shape index (κ2) is 8.18. The van der Waals surface area contributed by atoms with Gasteiger partial charge in [-0.25, -0.2) is 8.78 Å². The summed E-state index contributed by atoms with van der Waals surface area (Å²) in [5.74, 6) is -2.36. The van der Waals surface area contributed by atoms with E-state index in [0.29, 0.717) is 12.1 Å². The SMILES string of the molecule is CC(NC(=O)c1cccc(CN(C)C)c1)C(O)c1ccc(F)c(F)c1. The molecule has 0 aliphatic carbocycles. The maximum Gasteiger partial charge on any atom is 0.251 e. The summed E-state index contributed by atoms with van der Waals surface area (Å²) in [7, 11) is 3.88.